The number of hydrogen-bond donors (Lipinski definition) is 1. The van der Waals surface area contributed by atoms with Crippen LogP contribution in [0.5, 0.6) is 0 Å². The summed E-state index contributed by atoms with van der Waals surface area (Å²) < 4.78 is 4.73. The summed E-state index contributed by atoms with van der Waals surface area (Å²) in [4.78, 5) is 25.5. The van der Waals surface area contributed by atoms with Crippen LogP contribution in [0.2, 0.25) is 0 Å². The van der Waals surface area contributed by atoms with E-state index in [-0.39, 0.29) is 17.0 Å². The molecule has 0 aromatic rings. The van der Waals surface area contributed by atoms with E-state index < -0.39 is 17.5 Å². The van der Waals surface area contributed by atoms with E-state index in [9.17, 15) is 14.7 Å². The maximum atomic E-state index is 12.3. The number of carbonyl (C=O) groups excluding carboxylic acids is 2. The van der Waals surface area contributed by atoms with Gasteiger partial charge in [-0.15, -0.1) is 11.8 Å². The third kappa shape index (κ3) is 2.79. The lowest BCUT2D eigenvalue weighted by molar-refractivity contribution is -0.164. The summed E-state index contributed by atoms with van der Waals surface area (Å²) in [5.41, 5.74) is -0.120. The average Bonchev–Trinajstić information content (AvgIpc) is 2.28. The summed E-state index contributed by atoms with van der Waals surface area (Å²) >= 11 is 1.44. The molecule has 1 aliphatic heterocycles. The molecule has 6 heteroatoms. The molecule has 0 aliphatic carbocycles. The van der Waals surface area contributed by atoms with Crippen molar-refractivity contribution in [2.75, 3.05) is 13.4 Å². The van der Waals surface area contributed by atoms with Crippen molar-refractivity contribution in [3.63, 3.8) is 0 Å². The van der Waals surface area contributed by atoms with Crippen LogP contribution < -0.4 is 0 Å². The Kier molecular flexibility index (Phi) is 4.68. The number of carbonyl (C=O) groups is 2. The van der Waals surface area contributed by atoms with Crippen molar-refractivity contribution in [1.82, 2.24) is 4.90 Å². The molecule has 0 aromatic heterocycles. The van der Waals surface area contributed by atoms with Crippen molar-refractivity contribution in [3.05, 3.63) is 11.3 Å². The van der Waals surface area contributed by atoms with Gasteiger partial charge in [0.05, 0.1) is 24.0 Å². The number of hydrogen-bond acceptors (Lipinski definition) is 5. The molecule has 2 atom stereocenters. The number of aliphatic hydroxyl groups is 1. The fraction of sp³-hybridized carbons (Fsp3) is 0.692. The standard InChI is InChI=1S/C13H21NO4S/c1-7(2)9(12(16)18-5)14-10(15)8(11(14)19-6)13(3,4)17/h8,11,17H,1-6H3. The van der Waals surface area contributed by atoms with Gasteiger partial charge < -0.3 is 9.84 Å². The zero-order chi connectivity index (χ0) is 15.0. The van der Waals surface area contributed by atoms with Gasteiger partial charge in [0.15, 0.2) is 0 Å². The molecular formula is C13H21NO4S. The molecule has 0 radical (unpaired) electrons. The van der Waals surface area contributed by atoms with E-state index >= 15 is 0 Å². The molecule has 5 nitrogen and oxygen atoms in total. The quantitative estimate of drug-likeness (QED) is 0.480. The summed E-state index contributed by atoms with van der Waals surface area (Å²) in [6, 6.07) is 0. The molecule has 1 aliphatic rings. The van der Waals surface area contributed by atoms with Crippen molar-refractivity contribution in [2.24, 2.45) is 5.92 Å². The van der Waals surface area contributed by atoms with Crippen molar-refractivity contribution in [1.29, 1.82) is 0 Å². The van der Waals surface area contributed by atoms with Gasteiger partial charge in [-0.25, -0.2) is 4.79 Å². The van der Waals surface area contributed by atoms with Gasteiger partial charge in [0, 0.05) is 0 Å². The third-order valence-electron chi connectivity index (χ3n) is 3.14. The highest BCUT2D eigenvalue weighted by Crippen LogP contribution is 2.43. The highest BCUT2D eigenvalue weighted by Gasteiger charge is 2.56. The molecule has 1 amide bonds. The molecule has 1 rings (SSSR count). The van der Waals surface area contributed by atoms with Crippen molar-refractivity contribution >= 4 is 23.6 Å². The minimum Gasteiger partial charge on any atom is -0.464 e. The Morgan fingerprint density at radius 2 is 1.95 bits per heavy atom. The smallest absolute Gasteiger partial charge is 0.354 e. The monoisotopic (exact) mass is 287 g/mol. The molecule has 2 unspecified atom stereocenters. The molecule has 0 spiro atoms. The topological polar surface area (TPSA) is 66.8 Å². The van der Waals surface area contributed by atoms with E-state index in [2.05, 4.69) is 0 Å². The number of allylic oxidation sites excluding steroid dienone is 1. The maximum Gasteiger partial charge on any atom is 0.354 e. The average molecular weight is 287 g/mol. The van der Waals surface area contributed by atoms with Gasteiger partial charge in [-0.2, -0.15) is 0 Å². The van der Waals surface area contributed by atoms with Crippen LogP contribution in [-0.4, -0.2) is 46.2 Å². The summed E-state index contributed by atoms with van der Waals surface area (Å²) in [5.74, 6) is -1.28. The molecule has 1 saturated heterocycles. The second-order valence-corrected chi connectivity index (χ2v) is 6.26. The second-order valence-electron chi connectivity index (χ2n) is 5.31. The van der Waals surface area contributed by atoms with Crippen molar-refractivity contribution in [3.8, 4) is 0 Å². The highest BCUT2D eigenvalue weighted by molar-refractivity contribution is 7.99. The minimum atomic E-state index is -1.11. The Morgan fingerprint density at radius 3 is 2.26 bits per heavy atom. The number of amides is 1. The normalized spacial score (nSPS) is 22.9. The van der Waals surface area contributed by atoms with Crippen LogP contribution in [0.15, 0.2) is 11.3 Å². The van der Waals surface area contributed by atoms with E-state index in [0.29, 0.717) is 5.57 Å². The van der Waals surface area contributed by atoms with Gasteiger partial charge in [0.2, 0.25) is 5.91 Å². The number of nitrogens with zero attached hydrogens (tertiary/aromatic N) is 1. The predicted octanol–water partition coefficient (Wildman–Crippen LogP) is 1.37. The zero-order valence-electron chi connectivity index (χ0n) is 12.2. The van der Waals surface area contributed by atoms with E-state index in [1.807, 2.05) is 6.26 Å². The SMILES string of the molecule is COC(=O)C(=C(C)C)N1C(=O)C(C(C)(C)O)C1SC. The summed E-state index contributed by atoms with van der Waals surface area (Å²) in [6.45, 7) is 6.73. The van der Waals surface area contributed by atoms with Crippen LogP contribution in [0.1, 0.15) is 27.7 Å². The summed E-state index contributed by atoms with van der Waals surface area (Å²) in [5, 5.41) is 9.80. The largest absolute Gasteiger partial charge is 0.464 e. The highest BCUT2D eigenvalue weighted by atomic mass is 32.2. The number of rotatable bonds is 4. The first-order valence-electron chi connectivity index (χ1n) is 6.00. The number of thioether (sulfide) groups is 1. The third-order valence-corrected chi connectivity index (χ3v) is 4.10. The molecule has 0 bridgehead atoms. The first kappa shape index (κ1) is 16.0. The van der Waals surface area contributed by atoms with Crippen LogP contribution in [0.25, 0.3) is 0 Å². The number of ether oxygens (including phenoxy) is 1. The lowest BCUT2D eigenvalue weighted by Crippen LogP contribution is -2.66. The van der Waals surface area contributed by atoms with Gasteiger partial charge in [-0.05, 0) is 39.5 Å². The Bertz CT molecular complexity index is 421. The van der Waals surface area contributed by atoms with Gasteiger partial charge in [-0.3, -0.25) is 9.69 Å². The van der Waals surface area contributed by atoms with Gasteiger partial charge >= 0.3 is 5.97 Å². The molecule has 1 heterocycles. The van der Waals surface area contributed by atoms with Crippen molar-refractivity contribution < 1.29 is 19.4 Å². The van der Waals surface area contributed by atoms with Crippen molar-refractivity contribution in [2.45, 2.75) is 38.7 Å². The molecule has 19 heavy (non-hydrogen) atoms. The van der Waals surface area contributed by atoms with Crippen LogP contribution in [-0.2, 0) is 14.3 Å². The Hall–Kier alpha value is -1.01. The fourth-order valence-electron chi connectivity index (χ4n) is 2.23. The minimum absolute atomic E-state index is 0.242. The van der Waals surface area contributed by atoms with E-state index in [1.165, 1.54) is 23.8 Å². The summed E-state index contributed by atoms with van der Waals surface area (Å²) in [6.07, 6.45) is 1.85. The lowest BCUT2D eigenvalue weighted by atomic mass is 9.82. The molecule has 1 N–H and O–H groups in total. The number of β-lactam (4-membered cyclic amide) rings is 1. The lowest BCUT2D eigenvalue weighted by Gasteiger charge is -2.50. The van der Waals surface area contributed by atoms with Gasteiger partial charge in [-0.1, -0.05) is 0 Å². The summed E-state index contributed by atoms with van der Waals surface area (Å²) in [7, 11) is 1.29. The molecular weight excluding hydrogens is 266 g/mol. The van der Waals surface area contributed by atoms with Gasteiger partial charge in [0.25, 0.3) is 0 Å². The molecule has 0 saturated carbocycles. The van der Waals surface area contributed by atoms with E-state index in [0.717, 1.165) is 0 Å². The van der Waals surface area contributed by atoms with Crippen LogP contribution in [0.3, 0.4) is 0 Å². The second kappa shape index (κ2) is 5.54. The Labute approximate surface area is 118 Å². The maximum absolute atomic E-state index is 12.3. The van der Waals surface area contributed by atoms with E-state index in [4.69, 9.17) is 4.74 Å². The predicted molar refractivity (Wildman–Crippen MR) is 74.3 cm³/mol. The number of methoxy groups -OCH3 is 1. The Balaban J connectivity index is 3.13. The number of esters is 1. The van der Waals surface area contributed by atoms with Gasteiger partial charge in [0.1, 0.15) is 5.70 Å². The Morgan fingerprint density at radius 1 is 1.42 bits per heavy atom. The molecule has 0 aromatic carbocycles. The first-order chi connectivity index (χ1) is 8.66. The zero-order valence-corrected chi connectivity index (χ0v) is 13.0. The van der Waals surface area contributed by atoms with Crippen LogP contribution in [0, 0.1) is 5.92 Å². The first-order valence-corrected chi connectivity index (χ1v) is 7.29. The van der Waals surface area contributed by atoms with E-state index in [1.54, 1.807) is 27.7 Å². The van der Waals surface area contributed by atoms with Crippen LogP contribution >= 0.6 is 11.8 Å². The number of likely N-dealkylation sites (tertiary alicyclic amines) is 1. The molecule has 1 fully saturated rings. The fourth-order valence-corrected chi connectivity index (χ4v) is 3.38. The molecule has 108 valence electrons. The van der Waals surface area contributed by atoms with Crippen LogP contribution in [0.4, 0.5) is 0 Å².